The molecule has 1 aliphatic rings. The van der Waals surface area contributed by atoms with E-state index in [4.69, 9.17) is 4.74 Å². The molecule has 22 heavy (non-hydrogen) atoms. The van der Waals surface area contributed by atoms with Crippen LogP contribution in [0.3, 0.4) is 0 Å². The number of hydrogen-bond donors (Lipinski definition) is 2. The van der Waals surface area contributed by atoms with Crippen LogP contribution >= 0.6 is 0 Å². The van der Waals surface area contributed by atoms with Crippen LogP contribution in [0, 0.1) is 11.8 Å². The fourth-order valence-corrected chi connectivity index (χ4v) is 2.68. The van der Waals surface area contributed by atoms with Crippen molar-refractivity contribution in [3.63, 3.8) is 0 Å². The topological polar surface area (TPSA) is 79.9 Å². The van der Waals surface area contributed by atoms with Crippen LogP contribution in [0.5, 0.6) is 0 Å². The molecule has 3 heterocycles. The van der Waals surface area contributed by atoms with Crippen LogP contribution < -0.4 is 5.32 Å². The molecule has 1 unspecified atom stereocenters. The summed E-state index contributed by atoms with van der Waals surface area (Å²) in [6, 6.07) is 5.60. The Morgan fingerprint density at radius 2 is 2.36 bits per heavy atom. The molecule has 0 radical (unpaired) electrons. The molecule has 1 fully saturated rings. The number of carbonyl (C=O) groups excluding carboxylic acids is 1. The Balaban J connectivity index is 1.73. The fourth-order valence-electron chi connectivity index (χ4n) is 2.68. The van der Waals surface area contributed by atoms with Gasteiger partial charge in [-0.15, -0.1) is 0 Å². The maximum absolute atomic E-state index is 12.5. The smallest absolute Gasteiger partial charge is 0.229 e. The third-order valence-electron chi connectivity index (χ3n) is 3.94. The Hall–Kier alpha value is -2.21. The van der Waals surface area contributed by atoms with Crippen LogP contribution in [-0.2, 0) is 9.53 Å². The van der Waals surface area contributed by atoms with Gasteiger partial charge in [0.2, 0.25) is 5.91 Å². The first-order valence-corrected chi connectivity index (χ1v) is 7.58. The molecule has 1 amide bonds. The second-order valence-corrected chi connectivity index (χ2v) is 5.75. The molecule has 0 bridgehead atoms. The van der Waals surface area contributed by atoms with Gasteiger partial charge in [-0.2, -0.15) is 5.10 Å². The maximum atomic E-state index is 12.5. The quantitative estimate of drug-likeness (QED) is 0.912. The average molecular weight is 300 g/mol. The second kappa shape index (κ2) is 6.70. The molecule has 3 rings (SSSR count). The molecule has 0 aliphatic carbocycles. The monoisotopic (exact) mass is 300 g/mol. The molecule has 2 aromatic heterocycles. The summed E-state index contributed by atoms with van der Waals surface area (Å²) in [5.41, 5.74) is 2.03. The molecule has 6 heteroatoms. The molecule has 2 N–H and O–H groups in total. The van der Waals surface area contributed by atoms with Crippen molar-refractivity contribution in [2.75, 3.05) is 18.5 Å². The van der Waals surface area contributed by atoms with Crippen LogP contribution in [-0.4, -0.2) is 34.3 Å². The van der Waals surface area contributed by atoms with Gasteiger partial charge < -0.3 is 10.1 Å². The minimum Gasteiger partial charge on any atom is -0.381 e. The largest absolute Gasteiger partial charge is 0.381 e. The molecule has 0 spiro atoms. The van der Waals surface area contributed by atoms with Crippen molar-refractivity contribution in [1.29, 1.82) is 0 Å². The lowest BCUT2D eigenvalue weighted by Gasteiger charge is -2.15. The molecule has 0 saturated carbocycles. The number of pyridine rings is 1. The van der Waals surface area contributed by atoms with Gasteiger partial charge in [0.15, 0.2) is 0 Å². The average Bonchev–Trinajstić information content (AvgIpc) is 2.88. The summed E-state index contributed by atoms with van der Waals surface area (Å²) in [5, 5.41) is 9.93. The van der Waals surface area contributed by atoms with E-state index in [0.29, 0.717) is 23.9 Å². The number of rotatable bonds is 3. The first-order chi connectivity index (χ1) is 10.7. The van der Waals surface area contributed by atoms with E-state index >= 15 is 0 Å². The van der Waals surface area contributed by atoms with Gasteiger partial charge in [-0.1, -0.05) is 13.0 Å². The second-order valence-electron chi connectivity index (χ2n) is 5.75. The van der Waals surface area contributed by atoms with E-state index in [1.165, 1.54) is 0 Å². The minimum atomic E-state index is -0.121. The number of nitrogens with zero attached hydrogens (tertiary/aromatic N) is 2. The van der Waals surface area contributed by atoms with Gasteiger partial charge in [0, 0.05) is 19.0 Å². The Morgan fingerprint density at radius 1 is 1.45 bits per heavy atom. The summed E-state index contributed by atoms with van der Waals surface area (Å²) < 4.78 is 5.54. The Kier molecular flexibility index (Phi) is 4.48. The summed E-state index contributed by atoms with van der Waals surface area (Å²) in [6.07, 6.45) is 5.25. The van der Waals surface area contributed by atoms with Crippen molar-refractivity contribution >= 4 is 11.6 Å². The highest BCUT2D eigenvalue weighted by Gasteiger charge is 2.25. The van der Waals surface area contributed by atoms with E-state index < -0.39 is 0 Å². The number of nitrogens with one attached hydrogen (secondary N) is 2. The third-order valence-corrected chi connectivity index (χ3v) is 3.94. The molecular weight excluding hydrogens is 280 g/mol. The van der Waals surface area contributed by atoms with Crippen molar-refractivity contribution in [3.05, 3.63) is 30.6 Å². The number of amides is 1. The zero-order valence-corrected chi connectivity index (χ0v) is 12.6. The van der Waals surface area contributed by atoms with E-state index in [1.807, 2.05) is 18.2 Å². The van der Waals surface area contributed by atoms with E-state index in [-0.39, 0.29) is 11.8 Å². The molecule has 1 saturated heterocycles. The number of hydrogen-bond acceptors (Lipinski definition) is 4. The van der Waals surface area contributed by atoms with Crippen LogP contribution in [0.25, 0.3) is 11.4 Å². The molecule has 0 aromatic carbocycles. The van der Waals surface area contributed by atoms with E-state index in [0.717, 1.165) is 25.1 Å². The number of aromatic amines is 1. The van der Waals surface area contributed by atoms with Crippen LogP contribution in [0.2, 0.25) is 0 Å². The van der Waals surface area contributed by atoms with Gasteiger partial charge >= 0.3 is 0 Å². The minimum absolute atomic E-state index is 0.0210. The number of carbonyl (C=O) groups is 1. The number of ether oxygens (including phenoxy) is 1. The lowest BCUT2D eigenvalue weighted by atomic mass is 9.94. The first kappa shape index (κ1) is 14.7. The van der Waals surface area contributed by atoms with Gasteiger partial charge in [-0.25, -0.2) is 0 Å². The zero-order chi connectivity index (χ0) is 15.4. The highest BCUT2D eigenvalue weighted by Crippen LogP contribution is 2.26. The van der Waals surface area contributed by atoms with Gasteiger partial charge in [-0.3, -0.25) is 14.9 Å². The molecule has 116 valence electrons. The highest BCUT2D eigenvalue weighted by atomic mass is 16.5. The summed E-state index contributed by atoms with van der Waals surface area (Å²) >= 11 is 0. The zero-order valence-electron chi connectivity index (χ0n) is 12.6. The summed E-state index contributed by atoms with van der Waals surface area (Å²) in [5.74, 6) is 0.356. The van der Waals surface area contributed by atoms with Crippen molar-refractivity contribution in [3.8, 4) is 11.4 Å². The summed E-state index contributed by atoms with van der Waals surface area (Å²) in [7, 11) is 0. The van der Waals surface area contributed by atoms with E-state index in [9.17, 15) is 4.79 Å². The van der Waals surface area contributed by atoms with Crippen LogP contribution in [0.1, 0.15) is 19.8 Å². The molecular formula is C16H20N4O2. The highest BCUT2D eigenvalue weighted by molar-refractivity contribution is 5.95. The van der Waals surface area contributed by atoms with Gasteiger partial charge in [-0.05, 0) is 30.9 Å². The van der Waals surface area contributed by atoms with Crippen LogP contribution in [0.15, 0.2) is 30.6 Å². The Morgan fingerprint density at radius 3 is 3.18 bits per heavy atom. The Bertz CT molecular complexity index is 626. The predicted octanol–water partition coefficient (Wildman–Crippen LogP) is 2.47. The van der Waals surface area contributed by atoms with Gasteiger partial charge in [0.25, 0.3) is 0 Å². The SMILES string of the molecule is C[C@H]1CCOCC(C(=O)Nc2c[nH]nc2-c2ccccn2)C1. The number of anilines is 1. The number of H-pyrrole nitrogens is 1. The molecule has 1 aliphatic heterocycles. The fraction of sp³-hybridized carbons (Fsp3) is 0.438. The van der Waals surface area contributed by atoms with Gasteiger partial charge in [0.05, 0.1) is 23.9 Å². The normalized spacial score (nSPS) is 22.0. The standard InChI is InChI=1S/C16H20N4O2/c1-11-5-7-22-10-12(8-11)16(21)19-14-9-18-20-15(14)13-4-2-3-6-17-13/h2-4,6,9,11-12H,5,7-8,10H2,1H3,(H,18,20)(H,19,21)/t11-,12?/m0/s1. The molecule has 6 nitrogen and oxygen atoms in total. The Labute approximate surface area is 129 Å². The summed E-state index contributed by atoms with van der Waals surface area (Å²) in [6.45, 7) is 3.37. The van der Waals surface area contributed by atoms with E-state index in [2.05, 4.69) is 27.4 Å². The first-order valence-electron chi connectivity index (χ1n) is 7.58. The van der Waals surface area contributed by atoms with Crippen molar-refractivity contribution in [1.82, 2.24) is 15.2 Å². The molecule has 2 atom stereocenters. The van der Waals surface area contributed by atoms with Crippen molar-refractivity contribution < 1.29 is 9.53 Å². The van der Waals surface area contributed by atoms with E-state index in [1.54, 1.807) is 12.4 Å². The lowest BCUT2D eigenvalue weighted by Crippen LogP contribution is -2.27. The molecule has 2 aromatic rings. The number of aromatic nitrogens is 3. The van der Waals surface area contributed by atoms with Crippen molar-refractivity contribution in [2.24, 2.45) is 11.8 Å². The predicted molar refractivity (Wildman–Crippen MR) is 83.2 cm³/mol. The van der Waals surface area contributed by atoms with Crippen molar-refractivity contribution in [2.45, 2.75) is 19.8 Å². The van der Waals surface area contributed by atoms with Gasteiger partial charge in [0.1, 0.15) is 5.69 Å². The van der Waals surface area contributed by atoms with Crippen LogP contribution in [0.4, 0.5) is 5.69 Å². The maximum Gasteiger partial charge on any atom is 0.229 e. The third kappa shape index (κ3) is 3.33. The summed E-state index contributed by atoms with van der Waals surface area (Å²) in [4.78, 5) is 16.8. The lowest BCUT2D eigenvalue weighted by molar-refractivity contribution is -0.121.